The lowest BCUT2D eigenvalue weighted by atomic mass is 9.97. The van der Waals surface area contributed by atoms with Gasteiger partial charge in [0.25, 0.3) is 0 Å². The Morgan fingerprint density at radius 1 is 1.22 bits per heavy atom. The minimum Gasteiger partial charge on any atom is -0.480 e. The van der Waals surface area contributed by atoms with Crippen molar-refractivity contribution in [3.63, 3.8) is 0 Å². The van der Waals surface area contributed by atoms with Gasteiger partial charge < -0.3 is 30.5 Å². The molecule has 0 aliphatic carbocycles. The van der Waals surface area contributed by atoms with Crippen LogP contribution in [0, 0.1) is 5.41 Å². The molecule has 3 N–H and O–H groups in total. The number of benzene rings is 1. The third-order valence-electron chi connectivity index (χ3n) is 6.52. The maximum Gasteiger partial charge on any atom is 0.232 e. The summed E-state index contributed by atoms with van der Waals surface area (Å²) in [5.41, 5.74) is 5.60. The van der Waals surface area contributed by atoms with E-state index in [-0.39, 0.29) is 0 Å². The number of methoxy groups -OCH3 is 1. The van der Waals surface area contributed by atoms with Gasteiger partial charge in [-0.1, -0.05) is 12.1 Å². The van der Waals surface area contributed by atoms with Gasteiger partial charge >= 0.3 is 0 Å². The number of carbonyl (C=O) groups excluding carboxylic acids is 1. The molecule has 0 amide bonds. The number of pyridine rings is 1. The summed E-state index contributed by atoms with van der Waals surface area (Å²) in [5.74, 6) is 0.965. The number of aromatic nitrogens is 3. The zero-order chi connectivity index (χ0) is 26.4. The van der Waals surface area contributed by atoms with Crippen LogP contribution in [0.15, 0.2) is 48.9 Å². The van der Waals surface area contributed by atoms with E-state index in [0.717, 1.165) is 48.1 Å². The summed E-state index contributed by atoms with van der Waals surface area (Å²) in [4.78, 5) is 27.4. The lowest BCUT2D eigenvalue weighted by Crippen LogP contribution is -2.27. The fourth-order valence-corrected chi connectivity index (χ4v) is 4.10. The molecule has 2 atom stereocenters. The lowest BCUT2D eigenvalue weighted by Gasteiger charge is -2.23. The quantitative estimate of drug-likeness (QED) is 0.263. The molecule has 4 rings (SSSR count). The number of ether oxygens (including phenoxy) is 1. The molecule has 37 heavy (non-hydrogen) atoms. The summed E-state index contributed by atoms with van der Waals surface area (Å²) in [6.45, 7) is 2.14. The molecule has 1 aliphatic rings. The standard InChI is InChI=1S/C28H33N7O2/c1-18(35(2)3)13-21(29)8-5-19-6-9-22(10-7-19)32-28-27-20(11-12-31-25(27)17-36)14-23(34-28)24-15-30-16-26(33-24)37-4/h6-7,9-12,14-18,25,29,31H,5,8,13H2,1-4H3,(H,32,34). The number of hydrogen-bond donors (Lipinski definition) is 3. The Bertz CT molecular complexity index is 1290. The molecule has 1 aliphatic heterocycles. The van der Waals surface area contributed by atoms with Crippen molar-refractivity contribution in [1.29, 1.82) is 5.41 Å². The zero-order valence-corrected chi connectivity index (χ0v) is 21.7. The van der Waals surface area contributed by atoms with E-state index in [2.05, 4.69) is 44.6 Å². The molecule has 0 fully saturated rings. The SMILES string of the molecule is COc1cncc(-c2cc3c(c(Nc4ccc(CCC(=N)CC(C)N(C)C)cc4)n2)C(C=O)NC=C3)n1. The highest BCUT2D eigenvalue weighted by Gasteiger charge is 2.23. The van der Waals surface area contributed by atoms with E-state index in [9.17, 15) is 4.79 Å². The van der Waals surface area contributed by atoms with Gasteiger partial charge in [0.15, 0.2) is 0 Å². The molecule has 2 aromatic heterocycles. The molecule has 0 spiro atoms. The smallest absolute Gasteiger partial charge is 0.232 e. The van der Waals surface area contributed by atoms with E-state index < -0.39 is 6.04 Å². The number of hydrogen-bond acceptors (Lipinski definition) is 9. The Labute approximate surface area is 217 Å². The first-order valence-electron chi connectivity index (χ1n) is 12.3. The van der Waals surface area contributed by atoms with Gasteiger partial charge in [-0.2, -0.15) is 0 Å². The molecule has 0 bridgehead atoms. The number of nitrogens with one attached hydrogen (secondary N) is 3. The van der Waals surface area contributed by atoms with Crippen LogP contribution in [-0.2, 0) is 11.2 Å². The van der Waals surface area contributed by atoms with Crippen molar-refractivity contribution in [3.05, 3.63) is 65.6 Å². The first-order chi connectivity index (χ1) is 17.9. The molecule has 0 radical (unpaired) electrons. The summed E-state index contributed by atoms with van der Waals surface area (Å²) in [7, 11) is 5.62. The number of fused-ring (bicyclic) bond motifs is 1. The molecule has 192 valence electrons. The maximum absolute atomic E-state index is 11.8. The summed E-state index contributed by atoms with van der Waals surface area (Å²) in [6.07, 6.45) is 10.1. The summed E-state index contributed by atoms with van der Waals surface area (Å²) >= 11 is 0. The highest BCUT2D eigenvalue weighted by Crippen LogP contribution is 2.33. The first kappa shape index (κ1) is 26.0. The summed E-state index contributed by atoms with van der Waals surface area (Å²) in [5, 5.41) is 14.8. The van der Waals surface area contributed by atoms with E-state index >= 15 is 0 Å². The van der Waals surface area contributed by atoms with Crippen LogP contribution in [-0.4, -0.2) is 59.1 Å². The Hall–Kier alpha value is -4.11. The minimum atomic E-state index is -0.518. The normalized spacial score (nSPS) is 15.0. The largest absolute Gasteiger partial charge is 0.480 e. The fraction of sp³-hybridized carbons (Fsp3) is 0.321. The third kappa shape index (κ3) is 6.37. The molecule has 9 nitrogen and oxygen atoms in total. The second kappa shape index (κ2) is 11.7. The van der Waals surface area contributed by atoms with Crippen molar-refractivity contribution >= 4 is 29.6 Å². The van der Waals surface area contributed by atoms with E-state index in [0.29, 0.717) is 29.1 Å². The molecular weight excluding hydrogens is 466 g/mol. The molecule has 3 aromatic rings. The van der Waals surface area contributed by atoms with E-state index in [1.807, 2.05) is 38.4 Å². The molecule has 1 aromatic carbocycles. The van der Waals surface area contributed by atoms with Crippen LogP contribution in [0.2, 0.25) is 0 Å². The average Bonchev–Trinajstić information content (AvgIpc) is 2.92. The van der Waals surface area contributed by atoms with Gasteiger partial charge in [0, 0.05) is 29.4 Å². The fourth-order valence-electron chi connectivity index (χ4n) is 4.10. The Balaban J connectivity index is 1.56. The highest BCUT2D eigenvalue weighted by molar-refractivity contribution is 5.82. The Morgan fingerprint density at radius 2 is 2.00 bits per heavy atom. The van der Waals surface area contributed by atoms with Crippen LogP contribution in [0.4, 0.5) is 11.5 Å². The van der Waals surface area contributed by atoms with Crippen molar-refractivity contribution in [3.8, 4) is 17.3 Å². The second-order valence-corrected chi connectivity index (χ2v) is 9.36. The van der Waals surface area contributed by atoms with Crippen molar-refractivity contribution in [1.82, 2.24) is 25.2 Å². The maximum atomic E-state index is 11.8. The predicted octanol–water partition coefficient (Wildman–Crippen LogP) is 4.40. The topological polar surface area (TPSA) is 116 Å². The third-order valence-corrected chi connectivity index (χ3v) is 6.52. The monoisotopic (exact) mass is 499 g/mol. The van der Waals surface area contributed by atoms with Crippen LogP contribution in [0.25, 0.3) is 17.5 Å². The van der Waals surface area contributed by atoms with Crippen LogP contribution >= 0.6 is 0 Å². The van der Waals surface area contributed by atoms with E-state index in [4.69, 9.17) is 15.1 Å². The van der Waals surface area contributed by atoms with Crippen molar-refractivity contribution < 1.29 is 9.53 Å². The van der Waals surface area contributed by atoms with Crippen LogP contribution < -0.4 is 15.4 Å². The van der Waals surface area contributed by atoms with Crippen LogP contribution in [0.5, 0.6) is 5.88 Å². The van der Waals surface area contributed by atoms with E-state index in [1.165, 1.54) is 5.56 Å². The van der Waals surface area contributed by atoms with Crippen LogP contribution in [0.1, 0.15) is 42.5 Å². The Kier molecular flexibility index (Phi) is 8.25. The highest BCUT2D eigenvalue weighted by atomic mass is 16.5. The number of carbonyl (C=O) groups is 1. The van der Waals surface area contributed by atoms with Gasteiger partial charge in [0.2, 0.25) is 5.88 Å². The first-order valence-corrected chi connectivity index (χ1v) is 12.3. The van der Waals surface area contributed by atoms with Gasteiger partial charge in [-0.25, -0.2) is 9.97 Å². The number of aryl methyl sites for hydroxylation is 1. The van der Waals surface area contributed by atoms with Crippen molar-refractivity contribution in [2.24, 2.45) is 0 Å². The van der Waals surface area contributed by atoms with Gasteiger partial charge in [-0.3, -0.25) is 4.98 Å². The number of aldehydes is 1. The molecule has 3 heterocycles. The lowest BCUT2D eigenvalue weighted by molar-refractivity contribution is -0.109. The average molecular weight is 500 g/mol. The molecule has 0 saturated heterocycles. The number of anilines is 2. The minimum absolute atomic E-state index is 0.357. The molecule has 9 heteroatoms. The molecule has 0 saturated carbocycles. The van der Waals surface area contributed by atoms with E-state index in [1.54, 1.807) is 25.7 Å². The number of nitrogens with zero attached hydrogens (tertiary/aromatic N) is 4. The van der Waals surface area contributed by atoms with Gasteiger partial charge in [0.1, 0.15) is 23.8 Å². The zero-order valence-electron chi connectivity index (χ0n) is 21.7. The predicted molar refractivity (Wildman–Crippen MR) is 146 cm³/mol. The van der Waals surface area contributed by atoms with Crippen molar-refractivity contribution in [2.75, 3.05) is 26.5 Å². The summed E-state index contributed by atoms with van der Waals surface area (Å²) < 4.78 is 5.22. The van der Waals surface area contributed by atoms with Gasteiger partial charge in [-0.05, 0) is 75.5 Å². The van der Waals surface area contributed by atoms with Gasteiger partial charge in [0.05, 0.1) is 25.2 Å². The van der Waals surface area contributed by atoms with Crippen molar-refractivity contribution in [2.45, 2.75) is 38.3 Å². The Morgan fingerprint density at radius 3 is 2.70 bits per heavy atom. The van der Waals surface area contributed by atoms with Gasteiger partial charge in [-0.15, -0.1) is 0 Å². The molecule has 2 unspecified atom stereocenters. The second-order valence-electron chi connectivity index (χ2n) is 9.36. The van der Waals surface area contributed by atoms with Crippen LogP contribution in [0.3, 0.4) is 0 Å². The summed E-state index contributed by atoms with van der Waals surface area (Å²) in [6, 6.07) is 9.85. The number of rotatable bonds is 11. The molecular formula is C28H33N7O2.